The van der Waals surface area contributed by atoms with E-state index in [-0.39, 0.29) is 5.82 Å². The Hall–Kier alpha value is -1.81. The molecule has 0 aliphatic rings. The maximum atomic E-state index is 12.8. The van der Waals surface area contributed by atoms with Crippen LogP contribution in [0.4, 0.5) is 4.39 Å². The highest BCUT2D eigenvalue weighted by molar-refractivity contribution is 5.23. The lowest BCUT2D eigenvalue weighted by atomic mass is 10.3. The van der Waals surface area contributed by atoms with Crippen molar-refractivity contribution in [1.82, 2.24) is 4.98 Å². The second kappa shape index (κ2) is 4.81. The molecule has 1 aromatic heterocycles. The van der Waals surface area contributed by atoms with Gasteiger partial charge in [-0.2, -0.15) is 0 Å². The molecule has 3 nitrogen and oxygen atoms in total. The molecule has 0 amide bonds. The zero-order valence-corrected chi connectivity index (χ0v) is 8.74. The van der Waals surface area contributed by atoms with Gasteiger partial charge in [0, 0.05) is 18.3 Å². The molecule has 0 atom stereocenters. The molecule has 2 rings (SSSR count). The van der Waals surface area contributed by atoms with Crippen LogP contribution in [0.3, 0.4) is 0 Å². The molecule has 0 spiro atoms. The SMILES string of the molecule is NCc1ccc(COc2cccc(F)c2)[nH]1. The quantitative estimate of drug-likeness (QED) is 0.829. The summed E-state index contributed by atoms with van der Waals surface area (Å²) in [6.07, 6.45) is 0. The Morgan fingerprint density at radius 3 is 2.69 bits per heavy atom. The molecule has 2 aromatic rings. The Balaban J connectivity index is 1.96. The summed E-state index contributed by atoms with van der Waals surface area (Å²) in [6, 6.07) is 9.88. The normalized spacial score (nSPS) is 10.4. The van der Waals surface area contributed by atoms with Crippen molar-refractivity contribution in [2.24, 2.45) is 5.73 Å². The molecule has 0 aliphatic heterocycles. The minimum Gasteiger partial charge on any atom is -0.487 e. The minimum atomic E-state index is -0.299. The summed E-state index contributed by atoms with van der Waals surface area (Å²) in [5.41, 5.74) is 7.35. The summed E-state index contributed by atoms with van der Waals surface area (Å²) >= 11 is 0. The van der Waals surface area contributed by atoms with Crippen molar-refractivity contribution in [1.29, 1.82) is 0 Å². The predicted molar refractivity (Wildman–Crippen MR) is 59.4 cm³/mol. The van der Waals surface area contributed by atoms with Crippen LogP contribution in [0.1, 0.15) is 11.4 Å². The lowest BCUT2D eigenvalue weighted by molar-refractivity contribution is 0.300. The van der Waals surface area contributed by atoms with E-state index in [1.165, 1.54) is 12.1 Å². The molecule has 4 heteroatoms. The summed E-state index contributed by atoms with van der Waals surface area (Å²) in [5, 5.41) is 0. The molecule has 0 radical (unpaired) electrons. The third kappa shape index (κ3) is 2.61. The number of benzene rings is 1. The van der Waals surface area contributed by atoms with E-state index in [0.29, 0.717) is 18.9 Å². The highest BCUT2D eigenvalue weighted by Crippen LogP contribution is 2.13. The molecule has 1 heterocycles. The number of H-pyrrole nitrogens is 1. The summed E-state index contributed by atoms with van der Waals surface area (Å²) in [5.74, 6) is 0.218. The van der Waals surface area contributed by atoms with Crippen molar-refractivity contribution in [3.8, 4) is 5.75 Å². The average molecular weight is 220 g/mol. The summed E-state index contributed by atoms with van der Waals surface area (Å²) in [6.45, 7) is 0.851. The molecule has 1 aromatic carbocycles. The lowest BCUT2D eigenvalue weighted by Gasteiger charge is -2.04. The van der Waals surface area contributed by atoms with Crippen LogP contribution in [-0.4, -0.2) is 4.98 Å². The van der Waals surface area contributed by atoms with Crippen molar-refractivity contribution in [3.05, 3.63) is 53.6 Å². The summed E-state index contributed by atoms with van der Waals surface area (Å²) < 4.78 is 18.3. The molecule has 3 N–H and O–H groups in total. The highest BCUT2D eigenvalue weighted by Gasteiger charge is 1.99. The summed E-state index contributed by atoms with van der Waals surface area (Å²) in [4.78, 5) is 3.10. The second-order valence-corrected chi connectivity index (χ2v) is 3.46. The third-order valence-corrected chi connectivity index (χ3v) is 2.22. The molecule has 0 fully saturated rings. The van der Waals surface area contributed by atoms with Crippen molar-refractivity contribution in [2.75, 3.05) is 0 Å². The molecule has 84 valence electrons. The van der Waals surface area contributed by atoms with E-state index < -0.39 is 0 Å². The van der Waals surface area contributed by atoms with Crippen molar-refractivity contribution in [3.63, 3.8) is 0 Å². The maximum absolute atomic E-state index is 12.8. The topological polar surface area (TPSA) is 51.0 Å². The number of rotatable bonds is 4. The van der Waals surface area contributed by atoms with Crippen LogP contribution in [-0.2, 0) is 13.2 Å². The Kier molecular flexibility index (Phi) is 3.22. The number of nitrogens with one attached hydrogen (secondary N) is 1. The van der Waals surface area contributed by atoms with Gasteiger partial charge in [-0.1, -0.05) is 6.07 Å². The van der Waals surface area contributed by atoms with Gasteiger partial charge in [0.25, 0.3) is 0 Å². The first-order chi connectivity index (χ1) is 7.78. The van der Waals surface area contributed by atoms with Gasteiger partial charge >= 0.3 is 0 Å². The van der Waals surface area contributed by atoms with Crippen LogP contribution < -0.4 is 10.5 Å². The van der Waals surface area contributed by atoms with Crippen LogP contribution in [0.5, 0.6) is 5.75 Å². The molecule has 0 saturated heterocycles. The van der Waals surface area contributed by atoms with Crippen LogP contribution in [0, 0.1) is 5.82 Å². The van der Waals surface area contributed by atoms with Crippen LogP contribution >= 0.6 is 0 Å². The standard InChI is InChI=1S/C12H13FN2O/c13-9-2-1-3-12(6-9)16-8-11-5-4-10(7-14)15-11/h1-6,15H,7-8,14H2. The van der Waals surface area contributed by atoms with Gasteiger partial charge in [-0.3, -0.25) is 0 Å². The van der Waals surface area contributed by atoms with Crippen molar-refractivity contribution in [2.45, 2.75) is 13.2 Å². The zero-order valence-electron chi connectivity index (χ0n) is 8.74. The van der Waals surface area contributed by atoms with E-state index in [2.05, 4.69) is 4.98 Å². The number of ether oxygens (including phenoxy) is 1. The number of hydrogen-bond acceptors (Lipinski definition) is 2. The number of aromatic nitrogens is 1. The molecular formula is C12H13FN2O. The van der Waals surface area contributed by atoms with E-state index in [1.54, 1.807) is 12.1 Å². The van der Waals surface area contributed by atoms with Gasteiger partial charge in [-0.05, 0) is 24.3 Å². The number of halogens is 1. The maximum Gasteiger partial charge on any atom is 0.128 e. The number of hydrogen-bond donors (Lipinski definition) is 2. The number of nitrogens with two attached hydrogens (primary N) is 1. The van der Waals surface area contributed by atoms with Crippen molar-refractivity contribution >= 4 is 0 Å². The number of aromatic amines is 1. The third-order valence-electron chi connectivity index (χ3n) is 2.22. The molecule has 0 unspecified atom stereocenters. The first-order valence-corrected chi connectivity index (χ1v) is 5.03. The molecular weight excluding hydrogens is 207 g/mol. The minimum absolute atomic E-state index is 0.299. The molecule has 0 aliphatic carbocycles. The van der Waals surface area contributed by atoms with Crippen LogP contribution in [0.15, 0.2) is 36.4 Å². The molecule has 0 bridgehead atoms. The fourth-order valence-electron chi connectivity index (χ4n) is 1.41. The van der Waals surface area contributed by atoms with E-state index >= 15 is 0 Å². The van der Waals surface area contributed by atoms with Gasteiger partial charge in [-0.15, -0.1) is 0 Å². The first kappa shape index (κ1) is 10.7. The Bertz CT molecular complexity index is 468. The van der Waals surface area contributed by atoms with E-state index in [1.807, 2.05) is 12.1 Å². The van der Waals surface area contributed by atoms with Gasteiger partial charge in [0.2, 0.25) is 0 Å². The Morgan fingerprint density at radius 2 is 2.00 bits per heavy atom. The average Bonchev–Trinajstić information content (AvgIpc) is 2.74. The van der Waals surface area contributed by atoms with Gasteiger partial charge in [-0.25, -0.2) is 4.39 Å². The molecule has 0 saturated carbocycles. The fraction of sp³-hybridized carbons (Fsp3) is 0.167. The highest BCUT2D eigenvalue weighted by atomic mass is 19.1. The first-order valence-electron chi connectivity index (χ1n) is 5.03. The fourth-order valence-corrected chi connectivity index (χ4v) is 1.41. The van der Waals surface area contributed by atoms with Crippen LogP contribution in [0.2, 0.25) is 0 Å². The monoisotopic (exact) mass is 220 g/mol. The van der Waals surface area contributed by atoms with Crippen LogP contribution in [0.25, 0.3) is 0 Å². The van der Waals surface area contributed by atoms with Gasteiger partial charge in [0.1, 0.15) is 18.2 Å². The zero-order chi connectivity index (χ0) is 11.4. The molecule has 16 heavy (non-hydrogen) atoms. The Morgan fingerprint density at radius 1 is 1.19 bits per heavy atom. The van der Waals surface area contributed by atoms with Crippen molar-refractivity contribution < 1.29 is 9.13 Å². The largest absolute Gasteiger partial charge is 0.487 e. The van der Waals surface area contributed by atoms with E-state index in [9.17, 15) is 4.39 Å². The van der Waals surface area contributed by atoms with E-state index in [0.717, 1.165) is 11.4 Å². The van der Waals surface area contributed by atoms with E-state index in [4.69, 9.17) is 10.5 Å². The van der Waals surface area contributed by atoms with Gasteiger partial charge < -0.3 is 15.5 Å². The predicted octanol–water partition coefficient (Wildman–Crippen LogP) is 2.19. The lowest BCUT2D eigenvalue weighted by Crippen LogP contribution is -1.99. The van der Waals surface area contributed by atoms with Gasteiger partial charge in [0.15, 0.2) is 0 Å². The Labute approximate surface area is 93.0 Å². The summed E-state index contributed by atoms with van der Waals surface area (Å²) in [7, 11) is 0. The smallest absolute Gasteiger partial charge is 0.128 e. The van der Waals surface area contributed by atoms with Gasteiger partial charge in [0.05, 0.1) is 5.69 Å². The second-order valence-electron chi connectivity index (χ2n) is 3.46.